The minimum atomic E-state index is -1.06. The summed E-state index contributed by atoms with van der Waals surface area (Å²) in [6, 6.07) is 6.30. The number of aliphatic hydroxyl groups excluding tert-OH is 1. The fraction of sp³-hybridized carbons (Fsp3) is 0.0769. The van der Waals surface area contributed by atoms with Crippen LogP contribution in [-0.4, -0.2) is 22.5 Å². The minimum Gasteiger partial charge on any atom is -0.478 e. The maximum Gasteiger partial charge on any atom is 0.336 e. The van der Waals surface area contributed by atoms with E-state index in [4.69, 9.17) is 10.2 Å². The van der Waals surface area contributed by atoms with Crippen molar-refractivity contribution >= 4 is 23.6 Å². The SMILES string of the molecule is O=Cc1sccc1-c1cc(CO)ccc1C(=O)O. The molecular formula is C13H10O4S. The zero-order chi connectivity index (χ0) is 13.1. The molecule has 2 rings (SSSR count). The second-order valence-corrected chi connectivity index (χ2v) is 4.61. The van der Waals surface area contributed by atoms with Crippen LogP contribution in [0.4, 0.5) is 0 Å². The molecule has 1 heterocycles. The normalized spacial score (nSPS) is 10.3. The first kappa shape index (κ1) is 12.5. The van der Waals surface area contributed by atoms with Crippen molar-refractivity contribution in [2.45, 2.75) is 6.61 Å². The van der Waals surface area contributed by atoms with Crippen molar-refractivity contribution in [1.82, 2.24) is 0 Å². The molecule has 0 atom stereocenters. The largest absolute Gasteiger partial charge is 0.478 e. The number of aromatic carboxylic acids is 1. The van der Waals surface area contributed by atoms with Crippen LogP contribution < -0.4 is 0 Å². The van der Waals surface area contributed by atoms with Crippen molar-refractivity contribution < 1.29 is 19.8 Å². The summed E-state index contributed by atoms with van der Waals surface area (Å²) in [5.74, 6) is -1.06. The van der Waals surface area contributed by atoms with Gasteiger partial charge in [-0.25, -0.2) is 4.79 Å². The molecule has 0 aliphatic heterocycles. The van der Waals surface area contributed by atoms with E-state index in [-0.39, 0.29) is 12.2 Å². The Morgan fingerprint density at radius 2 is 2.06 bits per heavy atom. The topological polar surface area (TPSA) is 74.6 Å². The van der Waals surface area contributed by atoms with Gasteiger partial charge in [0.25, 0.3) is 0 Å². The van der Waals surface area contributed by atoms with Crippen LogP contribution in [0.3, 0.4) is 0 Å². The molecule has 0 aliphatic rings. The van der Waals surface area contributed by atoms with Crippen LogP contribution in [-0.2, 0) is 6.61 Å². The fourth-order valence-corrected chi connectivity index (χ4v) is 2.45. The summed E-state index contributed by atoms with van der Waals surface area (Å²) in [4.78, 5) is 22.6. The molecular weight excluding hydrogens is 252 g/mol. The molecule has 0 saturated carbocycles. The highest BCUT2D eigenvalue weighted by atomic mass is 32.1. The smallest absolute Gasteiger partial charge is 0.336 e. The lowest BCUT2D eigenvalue weighted by atomic mass is 9.98. The van der Waals surface area contributed by atoms with Gasteiger partial charge in [0.2, 0.25) is 0 Å². The molecule has 0 saturated heterocycles. The van der Waals surface area contributed by atoms with Gasteiger partial charge in [0.15, 0.2) is 6.29 Å². The Bertz CT molecular complexity index is 601. The van der Waals surface area contributed by atoms with E-state index in [1.807, 2.05) is 0 Å². The minimum absolute atomic E-state index is 0.119. The van der Waals surface area contributed by atoms with E-state index < -0.39 is 5.97 Å². The van der Waals surface area contributed by atoms with E-state index in [0.29, 0.717) is 27.9 Å². The average molecular weight is 262 g/mol. The maximum absolute atomic E-state index is 11.2. The molecule has 2 N–H and O–H groups in total. The van der Waals surface area contributed by atoms with E-state index in [1.165, 1.54) is 17.4 Å². The third kappa shape index (κ3) is 2.18. The fourth-order valence-electron chi connectivity index (χ4n) is 1.73. The third-order valence-electron chi connectivity index (χ3n) is 2.59. The van der Waals surface area contributed by atoms with Gasteiger partial charge in [-0.3, -0.25) is 4.79 Å². The lowest BCUT2D eigenvalue weighted by Gasteiger charge is -2.07. The highest BCUT2D eigenvalue weighted by Gasteiger charge is 2.15. The van der Waals surface area contributed by atoms with Gasteiger partial charge in [-0.1, -0.05) is 6.07 Å². The maximum atomic E-state index is 11.2. The number of aldehydes is 1. The molecule has 1 aromatic heterocycles. The van der Waals surface area contributed by atoms with Crippen molar-refractivity contribution in [2.75, 3.05) is 0 Å². The molecule has 5 heteroatoms. The van der Waals surface area contributed by atoms with Gasteiger partial charge >= 0.3 is 5.97 Å². The van der Waals surface area contributed by atoms with Crippen molar-refractivity contribution in [3.05, 3.63) is 45.6 Å². The molecule has 0 spiro atoms. The number of hydrogen-bond donors (Lipinski definition) is 2. The number of carboxylic acid groups (broad SMARTS) is 1. The summed E-state index contributed by atoms with van der Waals surface area (Å²) in [5.41, 5.74) is 1.77. The number of thiophene rings is 1. The Balaban J connectivity index is 2.67. The standard InChI is InChI=1S/C13H10O4S/c14-6-8-1-2-10(13(16)17)11(5-8)9-3-4-18-12(9)7-15/h1-5,7,14H,6H2,(H,16,17). The summed E-state index contributed by atoms with van der Waals surface area (Å²) < 4.78 is 0. The van der Waals surface area contributed by atoms with Gasteiger partial charge in [-0.2, -0.15) is 0 Å². The highest BCUT2D eigenvalue weighted by Crippen LogP contribution is 2.30. The molecule has 0 amide bonds. The Morgan fingerprint density at radius 1 is 1.28 bits per heavy atom. The van der Waals surface area contributed by atoms with Gasteiger partial charge in [-0.15, -0.1) is 11.3 Å². The predicted octanol–water partition coefficient (Wildman–Crippen LogP) is 2.42. The van der Waals surface area contributed by atoms with Crippen molar-refractivity contribution in [3.8, 4) is 11.1 Å². The molecule has 18 heavy (non-hydrogen) atoms. The molecule has 2 aromatic rings. The average Bonchev–Trinajstić information content (AvgIpc) is 2.85. The summed E-state index contributed by atoms with van der Waals surface area (Å²) in [7, 11) is 0. The molecule has 92 valence electrons. The number of benzene rings is 1. The summed E-state index contributed by atoms with van der Waals surface area (Å²) in [6.07, 6.45) is 0.706. The second kappa shape index (κ2) is 5.12. The number of carboxylic acids is 1. The molecule has 1 aromatic carbocycles. The predicted molar refractivity (Wildman–Crippen MR) is 68.0 cm³/mol. The Morgan fingerprint density at radius 3 is 2.67 bits per heavy atom. The number of rotatable bonds is 4. The van der Waals surface area contributed by atoms with E-state index in [0.717, 1.165) is 0 Å². The molecule has 0 aliphatic carbocycles. The first-order chi connectivity index (χ1) is 8.67. The van der Waals surface area contributed by atoms with Crippen LogP contribution >= 0.6 is 11.3 Å². The first-order valence-electron chi connectivity index (χ1n) is 5.17. The van der Waals surface area contributed by atoms with Crippen LogP contribution in [0.1, 0.15) is 25.6 Å². The van der Waals surface area contributed by atoms with Gasteiger partial charge < -0.3 is 10.2 Å². The Hall–Kier alpha value is -1.98. The second-order valence-electron chi connectivity index (χ2n) is 3.66. The van der Waals surface area contributed by atoms with E-state index in [9.17, 15) is 9.59 Å². The van der Waals surface area contributed by atoms with Crippen LogP contribution in [0.5, 0.6) is 0 Å². The van der Waals surface area contributed by atoms with Crippen LogP contribution in [0.25, 0.3) is 11.1 Å². The molecule has 4 nitrogen and oxygen atoms in total. The first-order valence-corrected chi connectivity index (χ1v) is 6.05. The van der Waals surface area contributed by atoms with Crippen molar-refractivity contribution in [2.24, 2.45) is 0 Å². The van der Waals surface area contributed by atoms with Gasteiger partial charge in [0.05, 0.1) is 17.0 Å². The number of aliphatic hydroxyl groups is 1. The van der Waals surface area contributed by atoms with Crippen molar-refractivity contribution in [3.63, 3.8) is 0 Å². The van der Waals surface area contributed by atoms with E-state index in [1.54, 1.807) is 23.6 Å². The van der Waals surface area contributed by atoms with E-state index in [2.05, 4.69) is 0 Å². The zero-order valence-corrected chi connectivity index (χ0v) is 10.1. The summed E-state index contributed by atoms with van der Waals surface area (Å²) in [6.45, 7) is -0.173. The zero-order valence-electron chi connectivity index (χ0n) is 9.29. The summed E-state index contributed by atoms with van der Waals surface area (Å²) >= 11 is 1.25. The van der Waals surface area contributed by atoms with Crippen molar-refractivity contribution in [1.29, 1.82) is 0 Å². The number of carbonyl (C=O) groups is 2. The quantitative estimate of drug-likeness (QED) is 0.830. The lowest BCUT2D eigenvalue weighted by molar-refractivity contribution is 0.0697. The Kier molecular flexibility index (Phi) is 3.55. The molecule has 0 radical (unpaired) electrons. The van der Waals surface area contributed by atoms with E-state index >= 15 is 0 Å². The number of hydrogen-bond acceptors (Lipinski definition) is 4. The molecule has 0 bridgehead atoms. The third-order valence-corrected chi connectivity index (χ3v) is 3.43. The molecule has 0 unspecified atom stereocenters. The molecule has 0 fully saturated rings. The van der Waals surface area contributed by atoms with Crippen LogP contribution in [0.2, 0.25) is 0 Å². The lowest BCUT2D eigenvalue weighted by Crippen LogP contribution is -2.01. The van der Waals surface area contributed by atoms with Crippen LogP contribution in [0, 0.1) is 0 Å². The van der Waals surface area contributed by atoms with Crippen LogP contribution in [0.15, 0.2) is 29.6 Å². The van der Waals surface area contributed by atoms with Gasteiger partial charge in [-0.05, 0) is 34.7 Å². The highest BCUT2D eigenvalue weighted by molar-refractivity contribution is 7.12. The summed E-state index contributed by atoms with van der Waals surface area (Å²) in [5, 5.41) is 20.0. The van der Waals surface area contributed by atoms with Gasteiger partial charge in [0.1, 0.15) is 0 Å². The Labute approximate surface area is 107 Å². The monoisotopic (exact) mass is 262 g/mol. The van der Waals surface area contributed by atoms with Gasteiger partial charge in [0, 0.05) is 5.56 Å². The number of carbonyl (C=O) groups excluding carboxylic acids is 1.